The Hall–Kier alpha value is -0.810. The fourth-order valence-corrected chi connectivity index (χ4v) is 1.75. The van der Waals surface area contributed by atoms with E-state index < -0.39 is 23.2 Å². The van der Waals surface area contributed by atoms with Crippen molar-refractivity contribution in [3.63, 3.8) is 0 Å². The van der Waals surface area contributed by atoms with Crippen molar-refractivity contribution in [1.82, 2.24) is 4.90 Å². The average molecular weight is 245 g/mol. The number of carbonyl (C=O) groups excluding carboxylic acids is 1. The quantitative estimate of drug-likeness (QED) is 0.722. The van der Waals surface area contributed by atoms with Crippen LogP contribution in [0.25, 0.3) is 0 Å². The maximum absolute atomic E-state index is 11.8. The molecule has 0 radical (unpaired) electrons. The van der Waals surface area contributed by atoms with E-state index in [1.54, 1.807) is 0 Å². The summed E-state index contributed by atoms with van der Waals surface area (Å²) in [5.41, 5.74) is -1.04. The molecule has 17 heavy (non-hydrogen) atoms. The molecule has 0 spiro atoms. The summed E-state index contributed by atoms with van der Waals surface area (Å²) in [4.78, 5) is 13.3. The summed E-state index contributed by atoms with van der Waals surface area (Å²) >= 11 is 0. The molecule has 1 aliphatic rings. The topological polar surface area (TPSA) is 70.0 Å². The van der Waals surface area contributed by atoms with Crippen LogP contribution in [-0.2, 0) is 4.74 Å². The highest BCUT2D eigenvalue weighted by Crippen LogP contribution is 2.31. The molecule has 0 bridgehead atoms. The van der Waals surface area contributed by atoms with Crippen molar-refractivity contribution in [2.45, 2.75) is 45.8 Å². The Kier molecular flexibility index (Phi) is 4.04. The van der Waals surface area contributed by atoms with Crippen molar-refractivity contribution in [3.05, 3.63) is 0 Å². The summed E-state index contributed by atoms with van der Waals surface area (Å²) in [5.74, 6) is 0. The van der Waals surface area contributed by atoms with Gasteiger partial charge in [0.25, 0.3) is 0 Å². The van der Waals surface area contributed by atoms with Gasteiger partial charge in [0.2, 0.25) is 0 Å². The van der Waals surface area contributed by atoms with Gasteiger partial charge >= 0.3 is 6.09 Å². The second-order valence-electron chi connectivity index (χ2n) is 6.00. The number of aliphatic hydroxyl groups is 2. The molecule has 1 heterocycles. The minimum atomic E-state index is -0.714. The number of likely N-dealkylation sites (tertiary alicyclic amines) is 1. The van der Waals surface area contributed by atoms with Crippen LogP contribution < -0.4 is 0 Å². The third-order valence-electron chi connectivity index (χ3n) is 3.16. The van der Waals surface area contributed by atoms with Gasteiger partial charge in [-0.2, -0.15) is 0 Å². The SMILES string of the molecule is CC(C)(C)OC(=O)N1CC[C@](C)(CO)[C@H](O)C1. The average Bonchev–Trinajstić information content (AvgIpc) is 2.19. The summed E-state index contributed by atoms with van der Waals surface area (Å²) in [6, 6.07) is 0. The lowest BCUT2D eigenvalue weighted by molar-refractivity contribution is -0.0670. The summed E-state index contributed by atoms with van der Waals surface area (Å²) < 4.78 is 5.24. The largest absolute Gasteiger partial charge is 0.444 e. The minimum absolute atomic E-state index is 0.0731. The molecule has 1 amide bonds. The number of β-amino-alcohol motifs (C(OH)–C–C–N with tert-alkyl or cyclic N) is 1. The predicted octanol–water partition coefficient (Wildman–Crippen LogP) is 0.987. The van der Waals surface area contributed by atoms with Crippen LogP contribution in [0, 0.1) is 5.41 Å². The molecule has 1 aliphatic heterocycles. The van der Waals surface area contributed by atoms with Gasteiger partial charge in [-0.05, 0) is 27.2 Å². The van der Waals surface area contributed by atoms with Gasteiger partial charge in [0, 0.05) is 12.0 Å². The number of ether oxygens (including phenoxy) is 1. The molecule has 0 aromatic carbocycles. The maximum Gasteiger partial charge on any atom is 0.410 e. The summed E-state index contributed by atoms with van der Waals surface area (Å²) in [7, 11) is 0. The highest BCUT2D eigenvalue weighted by molar-refractivity contribution is 5.68. The van der Waals surface area contributed by atoms with Crippen molar-refractivity contribution in [2.75, 3.05) is 19.7 Å². The standard InChI is InChI=1S/C12H23NO4/c1-11(2,3)17-10(16)13-6-5-12(4,8-14)9(15)7-13/h9,14-15H,5-8H2,1-4H3/t9-,12-/m1/s1. The van der Waals surface area contributed by atoms with E-state index in [0.717, 1.165) is 0 Å². The number of nitrogens with zero attached hydrogens (tertiary/aromatic N) is 1. The Labute approximate surface area is 102 Å². The lowest BCUT2D eigenvalue weighted by Crippen LogP contribution is -2.53. The van der Waals surface area contributed by atoms with Crippen LogP contribution in [0.5, 0.6) is 0 Å². The Balaban J connectivity index is 2.58. The minimum Gasteiger partial charge on any atom is -0.444 e. The van der Waals surface area contributed by atoms with Gasteiger partial charge in [0.1, 0.15) is 5.60 Å². The zero-order chi connectivity index (χ0) is 13.3. The van der Waals surface area contributed by atoms with Gasteiger partial charge in [0.15, 0.2) is 0 Å². The van der Waals surface area contributed by atoms with Crippen LogP contribution in [0.15, 0.2) is 0 Å². The molecule has 2 N–H and O–H groups in total. The first-order valence-electron chi connectivity index (χ1n) is 5.95. The lowest BCUT2D eigenvalue weighted by Gasteiger charge is -2.42. The van der Waals surface area contributed by atoms with E-state index in [0.29, 0.717) is 13.0 Å². The molecule has 1 fully saturated rings. The van der Waals surface area contributed by atoms with Crippen LogP contribution in [0.1, 0.15) is 34.1 Å². The van der Waals surface area contributed by atoms with Crippen LogP contribution >= 0.6 is 0 Å². The Morgan fingerprint density at radius 1 is 1.53 bits per heavy atom. The number of amides is 1. The number of rotatable bonds is 1. The van der Waals surface area contributed by atoms with Gasteiger partial charge in [-0.1, -0.05) is 6.92 Å². The zero-order valence-electron chi connectivity index (χ0n) is 11.1. The van der Waals surface area contributed by atoms with Gasteiger partial charge in [0.05, 0.1) is 19.3 Å². The second-order valence-corrected chi connectivity index (χ2v) is 6.00. The molecule has 0 aromatic rings. The number of piperidine rings is 1. The lowest BCUT2D eigenvalue weighted by atomic mass is 9.79. The maximum atomic E-state index is 11.8. The molecule has 2 atom stereocenters. The number of carbonyl (C=O) groups is 1. The van der Waals surface area contributed by atoms with E-state index >= 15 is 0 Å². The zero-order valence-corrected chi connectivity index (χ0v) is 11.1. The number of hydrogen-bond donors (Lipinski definition) is 2. The first-order chi connectivity index (χ1) is 7.68. The second kappa shape index (κ2) is 4.82. The summed E-state index contributed by atoms with van der Waals surface area (Å²) in [6.07, 6.45) is -0.547. The number of hydrogen-bond acceptors (Lipinski definition) is 4. The third-order valence-corrected chi connectivity index (χ3v) is 3.16. The first kappa shape index (κ1) is 14.3. The molecule has 1 rings (SSSR count). The Morgan fingerprint density at radius 2 is 2.12 bits per heavy atom. The molecule has 5 nitrogen and oxygen atoms in total. The Bertz CT molecular complexity index is 287. The van der Waals surface area contributed by atoms with Gasteiger partial charge in [-0.3, -0.25) is 0 Å². The van der Waals surface area contributed by atoms with Gasteiger partial charge in [-0.15, -0.1) is 0 Å². The highest BCUT2D eigenvalue weighted by atomic mass is 16.6. The monoisotopic (exact) mass is 245 g/mol. The van der Waals surface area contributed by atoms with Crippen molar-refractivity contribution < 1.29 is 19.7 Å². The fraction of sp³-hybridized carbons (Fsp3) is 0.917. The highest BCUT2D eigenvalue weighted by Gasteiger charge is 2.40. The van der Waals surface area contributed by atoms with Crippen LogP contribution in [0.4, 0.5) is 4.79 Å². The van der Waals surface area contributed by atoms with Gasteiger partial charge < -0.3 is 19.8 Å². The smallest absolute Gasteiger partial charge is 0.410 e. The van der Waals surface area contributed by atoms with Crippen LogP contribution in [0.2, 0.25) is 0 Å². The van der Waals surface area contributed by atoms with Gasteiger partial charge in [-0.25, -0.2) is 4.79 Å². The van der Waals surface area contributed by atoms with E-state index in [9.17, 15) is 15.0 Å². The normalized spacial score (nSPS) is 30.2. The van der Waals surface area contributed by atoms with Crippen molar-refractivity contribution >= 4 is 6.09 Å². The molecule has 1 saturated heterocycles. The third kappa shape index (κ3) is 3.57. The van der Waals surface area contributed by atoms with Crippen molar-refractivity contribution in [1.29, 1.82) is 0 Å². The summed E-state index contributed by atoms with van der Waals surface area (Å²) in [5, 5.41) is 19.2. The molecule has 0 aliphatic carbocycles. The van der Waals surface area contributed by atoms with E-state index in [2.05, 4.69) is 0 Å². The molecule has 100 valence electrons. The first-order valence-corrected chi connectivity index (χ1v) is 5.95. The van der Waals surface area contributed by atoms with Crippen molar-refractivity contribution in [3.8, 4) is 0 Å². The molecule has 0 unspecified atom stereocenters. The van der Waals surface area contributed by atoms with E-state index in [4.69, 9.17) is 4.74 Å². The van der Waals surface area contributed by atoms with Crippen LogP contribution in [0.3, 0.4) is 0 Å². The molecule has 0 aromatic heterocycles. The van der Waals surface area contributed by atoms with E-state index in [1.807, 2.05) is 27.7 Å². The predicted molar refractivity (Wildman–Crippen MR) is 63.6 cm³/mol. The Morgan fingerprint density at radius 3 is 2.53 bits per heavy atom. The molecular weight excluding hydrogens is 222 g/mol. The number of aliphatic hydroxyl groups excluding tert-OH is 2. The molecule has 0 saturated carbocycles. The molecule has 5 heteroatoms. The van der Waals surface area contributed by atoms with E-state index in [1.165, 1.54) is 4.90 Å². The van der Waals surface area contributed by atoms with E-state index in [-0.39, 0.29) is 13.2 Å². The summed E-state index contributed by atoms with van der Waals surface area (Å²) in [6.45, 7) is 7.89. The molecular formula is C12H23NO4. The van der Waals surface area contributed by atoms with Crippen LogP contribution in [-0.4, -0.2) is 52.6 Å². The fourth-order valence-electron chi connectivity index (χ4n) is 1.75. The van der Waals surface area contributed by atoms with Crippen molar-refractivity contribution in [2.24, 2.45) is 5.41 Å².